The highest BCUT2D eigenvalue weighted by Crippen LogP contribution is 2.46. The van der Waals surface area contributed by atoms with Gasteiger partial charge in [-0.2, -0.15) is 0 Å². The molecule has 2 atom stereocenters. The van der Waals surface area contributed by atoms with Gasteiger partial charge in [0.15, 0.2) is 16.6 Å². The summed E-state index contributed by atoms with van der Waals surface area (Å²) < 4.78 is 23.8. The highest BCUT2D eigenvalue weighted by atomic mass is 32.1. The fraction of sp³-hybridized carbons (Fsp3) is 0.303. The van der Waals surface area contributed by atoms with Crippen molar-refractivity contribution >= 4 is 44.1 Å². The maximum atomic E-state index is 13.8. The normalized spacial score (nSPS) is 19.0. The number of amides is 1. The molecule has 2 aliphatic rings. The number of methoxy groups -OCH3 is 1. The van der Waals surface area contributed by atoms with Crippen molar-refractivity contribution in [1.29, 1.82) is 0 Å². The van der Waals surface area contributed by atoms with Crippen LogP contribution in [0.2, 0.25) is 0 Å². The fourth-order valence-corrected chi connectivity index (χ4v) is 6.51. The third kappa shape index (κ3) is 5.16. The maximum Gasteiger partial charge on any atom is 0.301 e. The smallest absolute Gasteiger partial charge is 0.301 e. The zero-order chi connectivity index (χ0) is 30.2. The minimum Gasteiger partial charge on any atom is -0.507 e. The molecular weight excluding hydrogens is 568 g/mol. The van der Waals surface area contributed by atoms with Gasteiger partial charge in [-0.15, -0.1) is 0 Å². The van der Waals surface area contributed by atoms with Crippen LogP contribution < -0.4 is 23.8 Å². The topological polar surface area (TPSA) is 107 Å². The number of ketones is 1. The number of benzene rings is 3. The number of nitrogens with zero attached hydrogens (tertiary/aromatic N) is 2. The Morgan fingerprint density at radius 3 is 2.67 bits per heavy atom. The van der Waals surface area contributed by atoms with Gasteiger partial charge in [0.1, 0.15) is 23.4 Å². The number of anilines is 1. The minimum absolute atomic E-state index is 0.0149. The van der Waals surface area contributed by atoms with Crippen molar-refractivity contribution in [3.63, 3.8) is 0 Å². The van der Waals surface area contributed by atoms with Crippen molar-refractivity contribution in [3.05, 3.63) is 76.9 Å². The lowest BCUT2D eigenvalue weighted by atomic mass is 9.94. The molecule has 1 saturated heterocycles. The van der Waals surface area contributed by atoms with E-state index in [1.54, 1.807) is 49.6 Å². The van der Waals surface area contributed by atoms with Gasteiger partial charge in [0.05, 0.1) is 42.2 Å². The number of aliphatic hydroxyl groups is 1. The van der Waals surface area contributed by atoms with Crippen LogP contribution in [0.5, 0.6) is 23.0 Å². The summed E-state index contributed by atoms with van der Waals surface area (Å²) in [5.74, 6) is 0.602. The molecule has 1 N–H and O–H groups in total. The summed E-state index contributed by atoms with van der Waals surface area (Å²) >= 11 is 1.27. The molecule has 10 heteroatoms. The lowest BCUT2D eigenvalue weighted by Crippen LogP contribution is -2.29. The minimum atomic E-state index is -0.967. The van der Waals surface area contributed by atoms with Gasteiger partial charge < -0.3 is 24.1 Å². The largest absolute Gasteiger partial charge is 0.507 e. The first-order valence-electron chi connectivity index (χ1n) is 14.3. The molecule has 0 spiro atoms. The van der Waals surface area contributed by atoms with Gasteiger partial charge in [-0.3, -0.25) is 14.5 Å². The van der Waals surface area contributed by atoms with E-state index >= 15 is 0 Å². The molecule has 222 valence electrons. The number of Topliss-reactive ketones (excluding diaryl/α,β-unsaturated/α-hetero) is 1. The van der Waals surface area contributed by atoms with E-state index in [-0.39, 0.29) is 17.4 Å². The second-order valence-electron chi connectivity index (χ2n) is 10.4. The molecule has 0 aliphatic carbocycles. The van der Waals surface area contributed by atoms with Gasteiger partial charge in [-0.05, 0) is 79.9 Å². The van der Waals surface area contributed by atoms with Gasteiger partial charge in [0.2, 0.25) is 0 Å². The number of ether oxygens (including phenoxy) is 4. The Hall–Kier alpha value is -4.57. The van der Waals surface area contributed by atoms with Gasteiger partial charge in [-0.25, -0.2) is 4.98 Å². The number of rotatable bonds is 9. The number of hydrogen-bond acceptors (Lipinski definition) is 9. The summed E-state index contributed by atoms with van der Waals surface area (Å²) in [5, 5.41) is 12.0. The monoisotopic (exact) mass is 600 g/mol. The summed E-state index contributed by atoms with van der Waals surface area (Å²) in [7, 11) is 1.58. The number of aliphatic hydroxyl groups excluding tert-OH is 1. The van der Waals surface area contributed by atoms with E-state index in [2.05, 4.69) is 0 Å². The molecule has 2 aliphatic heterocycles. The Morgan fingerprint density at radius 2 is 1.91 bits per heavy atom. The molecule has 3 heterocycles. The predicted octanol–water partition coefficient (Wildman–Crippen LogP) is 6.44. The van der Waals surface area contributed by atoms with Crippen molar-refractivity contribution < 1.29 is 33.6 Å². The Kier molecular flexibility index (Phi) is 7.70. The summed E-state index contributed by atoms with van der Waals surface area (Å²) in [6, 6.07) is 15.1. The van der Waals surface area contributed by atoms with Crippen LogP contribution in [0.3, 0.4) is 0 Å². The van der Waals surface area contributed by atoms with Crippen molar-refractivity contribution in [2.24, 2.45) is 0 Å². The van der Waals surface area contributed by atoms with Gasteiger partial charge >= 0.3 is 5.91 Å². The average molecular weight is 601 g/mol. The number of carbonyl (C=O) groups excluding carboxylic acids is 2. The summed E-state index contributed by atoms with van der Waals surface area (Å²) in [6.45, 7) is 6.76. The predicted molar refractivity (Wildman–Crippen MR) is 165 cm³/mol. The zero-order valence-electron chi connectivity index (χ0n) is 24.4. The van der Waals surface area contributed by atoms with E-state index < -0.39 is 17.7 Å². The lowest BCUT2D eigenvalue weighted by Gasteiger charge is -2.24. The molecular formula is C33H32N2O7S. The van der Waals surface area contributed by atoms with Crippen LogP contribution in [-0.4, -0.2) is 48.2 Å². The second kappa shape index (κ2) is 11.6. The molecule has 4 aromatic rings. The summed E-state index contributed by atoms with van der Waals surface area (Å²) in [4.78, 5) is 33.6. The maximum absolute atomic E-state index is 13.8. The highest BCUT2D eigenvalue weighted by molar-refractivity contribution is 7.22. The molecule has 1 amide bonds. The molecule has 2 unspecified atom stereocenters. The SMILES string of the molecule is CCCOc1ccc(C2/C(=C(\O)c3ccc4c(c3)CC(C)O4)C(=O)C(=O)N2c2nc3ccc(OC)cc3s2)cc1OCC. The molecule has 1 fully saturated rings. The van der Waals surface area contributed by atoms with Gasteiger partial charge in [0.25, 0.3) is 5.78 Å². The van der Waals surface area contributed by atoms with Crippen LogP contribution in [0.1, 0.15) is 49.9 Å². The average Bonchev–Trinajstić information content (AvgIpc) is 3.67. The van der Waals surface area contributed by atoms with E-state index in [9.17, 15) is 14.7 Å². The van der Waals surface area contributed by atoms with Crippen LogP contribution in [-0.2, 0) is 16.0 Å². The van der Waals surface area contributed by atoms with E-state index in [0.717, 1.165) is 22.4 Å². The third-order valence-corrected chi connectivity index (χ3v) is 8.47. The van der Waals surface area contributed by atoms with E-state index in [0.29, 0.717) is 58.7 Å². The Bertz CT molecular complexity index is 1760. The first kappa shape index (κ1) is 28.5. The number of fused-ring (bicyclic) bond motifs is 2. The third-order valence-electron chi connectivity index (χ3n) is 7.45. The molecule has 0 saturated carbocycles. The van der Waals surface area contributed by atoms with E-state index in [1.807, 2.05) is 32.9 Å². The molecule has 3 aromatic carbocycles. The molecule has 43 heavy (non-hydrogen) atoms. The van der Waals surface area contributed by atoms with E-state index in [1.165, 1.54) is 16.2 Å². The lowest BCUT2D eigenvalue weighted by molar-refractivity contribution is -0.132. The van der Waals surface area contributed by atoms with Crippen LogP contribution in [0.4, 0.5) is 5.13 Å². The highest BCUT2D eigenvalue weighted by Gasteiger charge is 2.48. The van der Waals surface area contributed by atoms with E-state index in [4.69, 9.17) is 23.9 Å². The Morgan fingerprint density at radius 1 is 1.07 bits per heavy atom. The van der Waals surface area contributed by atoms with Crippen LogP contribution >= 0.6 is 11.3 Å². The Labute approximate surface area is 253 Å². The zero-order valence-corrected chi connectivity index (χ0v) is 25.2. The van der Waals surface area contributed by atoms with Crippen molar-refractivity contribution in [3.8, 4) is 23.0 Å². The summed E-state index contributed by atoms with van der Waals surface area (Å²) in [5.41, 5.74) is 2.56. The fourth-order valence-electron chi connectivity index (χ4n) is 5.49. The Balaban J connectivity index is 1.53. The van der Waals surface area contributed by atoms with Crippen LogP contribution in [0, 0.1) is 0 Å². The second-order valence-corrected chi connectivity index (χ2v) is 11.5. The molecule has 9 nitrogen and oxygen atoms in total. The quantitative estimate of drug-likeness (QED) is 0.133. The molecule has 1 aromatic heterocycles. The van der Waals surface area contributed by atoms with Crippen LogP contribution in [0.15, 0.2) is 60.2 Å². The van der Waals surface area contributed by atoms with Crippen LogP contribution in [0.25, 0.3) is 16.0 Å². The molecule has 0 radical (unpaired) electrons. The van der Waals surface area contributed by atoms with Gasteiger partial charge in [0, 0.05) is 12.0 Å². The standard InChI is InChI=1S/C33H32N2O7S/c1-5-13-41-25-12-7-19(16-26(25)40-6-2)29-28(30(36)20-8-11-24-21(15-20)14-18(3)42-24)31(37)32(38)35(29)33-34-23-10-9-22(39-4)17-27(23)43-33/h7-12,15-18,29,36H,5-6,13-14H2,1-4H3/b30-28+. The van der Waals surface area contributed by atoms with Crippen molar-refractivity contribution in [2.45, 2.75) is 45.8 Å². The number of carbonyl (C=O) groups is 2. The first-order valence-corrected chi connectivity index (χ1v) is 15.1. The number of hydrogen-bond donors (Lipinski definition) is 1. The molecule has 6 rings (SSSR count). The van der Waals surface area contributed by atoms with Crippen molar-refractivity contribution in [2.75, 3.05) is 25.2 Å². The molecule has 0 bridgehead atoms. The first-order chi connectivity index (χ1) is 20.8. The number of aromatic nitrogens is 1. The van der Waals surface area contributed by atoms with Gasteiger partial charge in [-0.1, -0.05) is 24.3 Å². The van der Waals surface area contributed by atoms with Crippen molar-refractivity contribution in [1.82, 2.24) is 4.98 Å². The summed E-state index contributed by atoms with van der Waals surface area (Å²) in [6.07, 6.45) is 1.52. The number of thiazole rings is 1.